The number of likely N-dealkylation sites (N-methyl/N-ethyl adjacent to an activating group) is 1. The van der Waals surface area contributed by atoms with Crippen molar-refractivity contribution in [3.8, 4) is 5.75 Å². The van der Waals surface area contributed by atoms with Crippen LogP contribution in [0.15, 0.2) is 12.1 Å². The largest absolute Gasteiger partial charge is 0.507 e. The van der Waals surface area contributed by atoms with Gasteiger partial charge >= 0.3 is 0 Å². The molecular weight excluding hydrogens is 224 g/mol. The molecular formula is C15H24N2O. The van der Waals surface area contributed by atoms with Gasteiger partial charge in [-0.1, -0.05) is 12.1 Å². The summed E-state index contributed by atoms with van der Waals surface area (Å²) >= 11 is 0. The summed E-state index contributed by atoms with van der Waals surface area (Å²) in [5, 5.41) is 13.2. The molecule has 1 aliphatic rings. The number of phenols is 1. The van der Waals surface area contributed by atoms with E-state index in [-0.39, 0.29) is 0 Å². The molecule has 18 heavy (non-hydrogen) atoms. The Bertz CT molecular complexity index is 394. The van der Waals surface area contributed by atoms with Crippen LogP contribution in [0.2, 0.25) is 0 Å². The highest BCUT2D eigenvalue weighted by atomic mass is 16.3. The smallest absolute Gasteiger partial charge is 0.121 e. The van der Waals surface area contributed by atoms with Gasteiger partial charge in [-0.15, -0.1) is 0 Å². The van der Waals surface area contributed by atoms with E-state index < -0.39 is 0 Å². The van der Waals surface area contributed by atoms with E-state index in [0.29, 0.717) is 11.8 Å². The van der Waals surface area contributed by atoms with E-state index in [1.807, 2.05) is 20.9 Å². The van der Waals surface area contributed by atoms with Crippen molar-refractivity contribution >= 4 is 0 Å². The van der Waals surface area contributed by atoms with Crippen LogP contribution >= 0.6 is 0 Å². The number of nitrogens with one attached hydrogen (secondary N) is 1. The first-order valence-electron chi connectivity index (χ1n) is 6.79. The monoisotopic (exact) mass is 248 g/mol. The molecule has 0 amide bonds. The number of phenolic OH excluding ortho intramolecular Hbond substituents is 1. The molecule has 1 unspecified atom stereocenters. The van der Waals surface area contributed by atoms with E-state index >= 15 is 0 Å². The molecule has 2 N–H and O–H groups in total. The van der Waals surface area contributed by atoms with Crippen LogP contribution < -0.4 is 5.32 Å². The molecule has 100 valence electrons. The van der Waals surface area contributed by atoms with Gasteiger partial charge in [0.05, 0.1) is 0 Å². The summed E-state index contributed by atoms with van der Waals surface area (Å²) < 4.78 is 0. The lowest BCUT2D eigenvalue weighted by Gasteiger charge is -2.32. The molecule has 0 aliphatic carbocycles. The van der Waals surface area contributed by atoms with Gasteiger partial charge in [-0.25, -0.2) is 0 Å². The molecule has 1 aromatic carbocycles. The van der Waals surface area contributed by atoms with E-state index in [1.54, 1.807) is 0 Å². The lowest BCUT2D eigenvalue weighted by molar-refractivity contribution is 0.188. The maximum atomic E-state index is 9.79. The van der Waals surface area contributed by atoms with Gasteiger partial charge in [-0.3, -0.25) is 4.90 Å². The number of aryl methyl sites for hydroxylation is 2. The molecule has 1 aromatic rings. The maximum absolute atomic E-state index is 9.79. The molecule has 0 bridgehead atoms. The van der Waals surface area contributed by atoms with Crippen molar-refractivity contribution < 1.29 is 5.11 Å². The normalized spacial score (nSPS) is 21.2. The summed E-state index contributed by atoms with van der Waals surface area (Å²) in [4.78, 5) is 2.50. The highest BCUT2D eigenvalue weighted by Crippen LogP contribution is 2.24. The summed E-state index contributed by atoms with van der Waals surface area (Å²) in [6.07, 6.45) is 2.54. The molecule has 0 spiro atoms. The number of nitrogens with zero attached hydrogens (tertiary/aromatic N) is 1. The van der Waals surface area contributed by atoms with Gasteiger partial charge in [0.15, 0.2) is 0 Å². The topological polar surface area (TPSA) is 35.5 Å². The predicted molar refractivity (Wildman–Crippen MR) is 74.9 cm³/mol. The molecule has 2 rings (SSSR count). The Morgan fingerprint density at radius 1 is 1.33 bits per heavy atom. The second-order valence-electron chi connectivity index (χ2n) is 5.44. The number of aromatic hydroxyl groups is 1. The van der Waals surface area contributed by atoms with E-state index in [0.717, 1.165) is 24.2 Å². The van der Waals surface area contributed by atoms with Gasteiger partial charge in [-0.05, 0) is 57.0 Å². The first-order chi connectivity index (χ1) is 8.60. The van der Waals surface area contributed by atoms with Gasteiger partial charge in [-0.2, -0.15) is 0 Å². The van der Waals surface area contributed by atoms with E-state index in [9.17, 15) is 5.11 Å². The van der Waals surface area contributed by atoms with E-state index in [1.165, 1.54) is 24.9 Å². The Morgan fingerprint density at radius 2 is 2.00 bits per heavy atom. The number of rotatable bonds is 3. The molecule has 3 heteroatoms. The van der Waals surface area contributed by atoms with Crippen LogP contribution in [0.25, 0.3) is 0 Å². The van der Waals surface area contributed by atoms with Crippen molar-refractivity contribution in [3.63, 3.8) is 0 Å². The molecule has 1 atom stereocenters. The second-order valence-corrected chi connectivity index (χ2v) is 5.44. The Balaban J connectivity index is 2.05. The van der Waals surface area contributed by atoms with E-state index in [2.05, 4.69) is 22.3 Å². The molecule has 0 radical (unpaired) electrons. The van der Waals surface area contributed by atoms with Crippen LogP contribution in [0, 0.1) is 13.8 Å². The lowest BCUT2D eigenvalue weighted by Crippen LogP contribution is -2.43. The minimum Gasteiger partial charge on any atom is -0.507 e. The van der Waals surface area contributed by atoms with Crippen molar-refractivity contribution in [1.29, 1.82) is 0 Å². The van der Waals surface area contributed by atoms with Crippen LogP contribution in [0.4, 0.5) is 0 Å². The first-order valence-corrected chi connectivity index (χ1v) is 6.79. The quantitative estimate of drug-likeness (QED) is 0.861. The fourth-order valence-corrected chi connectivity index (χ4v) is 2.83. The fourth-order valence-electron chi connectivity index (χ4n) is 2.83. The first kappa shape index (κ1) is 13.4. The number of benzene rings is 1. The SMILES string of the molecule is CNC1CCCN(Cc2cc(C)c(O)c(C)c2)C1. The van der Waals surface area contributed by atoms with Gasteiger partial charge in [0, 0.05) is 19.1 Å². The molecule has 0 aromatic heterocycles. The standard InChI is InChI=1S/C15H24N2O/c1-11-7-13(8-12(2)15(11)18)9-17-6-4-5-14(10-17)16-3/h7-8,14,16,18H,4-6,9-10H2,1-3H3. The Hall–Kier alpha value is -1.06. The Kier molecular flexibility index (Phi) is 4.25. The molecule has 1 fully saturated rings. The average Bonchev–Trinajstić information content (AvgIpc) is 2.36. The van der Waals surface area contributed by atoms with Crippen LogP contribution in [0.1, 0.15) is 29.5 Å². The van der Waals surface area contributed by atoms with Gasteiger partial charge in [0.2, 0.25) is 0 Å². The highest BCUT2D eigenvalue weighted by molar-refractivity contribution is 5.42. The maximum Gasteiger partial charge on any atom is 0.121 e. The van der Waals surface area contributed by atoms with Crippen LogP contribution in [-0.4, -0.2) is 36.2 Å². The van der Waals surface area contributed by atoms with Crippen molar-refractivity contribution in [2.45, 2.75) is 39.3 Å². The van der Waals surface area contributed by atoms with Crippen LogP contribution in [0.5, 0.6) is 5.75 Å². The minimum atomic E-state index is 0.436. The number of hydrogen-bond acceptors (Lipinski definition) is 3. The fraction of sp³-hybridized carbons (Fsp3) is 0.600. The third-order valence-corrected chi connectivity index (χ3v) is 3.87. The molecule has 1 heterocycles. The van der Waals surface area contributed by atoms with E-state index in [4.69, 9.17) is 0 Å². The zero-order valence-corrected chi connectivity index (χ0v) is 11.7. The molecule has 0 saturated carbocycles. The summed E-state index contributed by atoms with van der Waals surface area (Å²) in [6, 6.07) is 4.83. The van der Waals surface area contributed by atoms with Crippen LogP contribution in [-0.2, 0) is 6.54 Å². The molecule has 1 aliphatic heterocycles. The minimum absolute atomic E-state index is 0.436. The summed E-state index contributed by atoms with van der Waals surface area (Å²) in [7, 11) is 2.04. The Labute approximate surface area is 110 Å². The lowest BCUT2D eigenvalue weighted by atomic mass is 10.0. The highest BCUT2D eigenvalue weighted by Gasteiger charge is 2.18. The zero-order valence-electron chi connectivity index (χ0n) is 11.7. The second kappa shape index (κ2) is 5.72. The molecule has 3 nitrogen and oxygen atoms in total. The van der Waals surface area contributed by atoms with Crippen molar-refractivity contribution in [3.05, 3.63) is 28.8 Å². The van der Waals surface area contributed by atoms with Crippen molar-refractivity contribution in [2.24, 2.45) is 0 Å². The number of piperidine rings is 1. The summed E-state index contributed by atoms with van der Waals surface area (Å²) in [5.41, 5.74) is 3.26. The summed E-state index contributed by atoms with van der Waals surface area (Å²) in [5.74, 6) is 0.436. The number of hydrogen-bond donors (Lipinski definition) is 2. The van der Waals surface area contributed by atoms with Crippen molar-refractivity contribution in [2.75, 3.05) is 20.1 Å². The molecule has 1 saturated heterocycles. The predicted octanol–water partition coefficient (Wildman–Crippen LogP) is 2.19. The van der Waals surface area contributed by atoms with Gasteiger partial charge in [0.25, 0.3) is 0 Å². The van der Waals surface area contributed by atoms with Crippen molar-refractivity contribution in [1.82, 2.24) is 10.2 Å². The third-order valence-electron chi connectivity index (χ3n) is 3.87. The van der Waals surface area contributed by atoms with Gasteiger partial charge < -0.3 is 10.4 Å². The van der Waals surface area contributed by atoms with Crippen LogP contribution in [0.3, 0.4) is 0 Å². The zero-order chi connectivity index (χ0) is 13.1. The number of likely N-dealkylation sites (tertiary alicyclic amines) is 1. The van der Waals surface area contributed by atoms with Gasteiger partial charge in [0.1, 0.15) is 5.75 Å². The summed E-state index contributed by atoms with van der Waals surface area (Å²) in [6.45, 7) is 7.23. The third kappa shape index (κ3) is 3.03. The Morgan fingerprint density at radius 3 is 2.61 bits per heavy atom. The average molecular weight is 248 g/mol.